The Bertz CT molecular complexity index is 1140. The number of hydrogen-bond acceptors (Lipinski definition) is 5. The van der Waals surface area contributed by atoms with Gasteiger partial charge in [0.1, 0.15) is 11.5 Å². The normalized spacial score (nSPS) is 20.2. The van der Waals surface area contributed by atoms with E-state index in [-0.39, 0.29) is 17.0 Å². The van der Waals surface area contributed by atoms with E-state index in [4.69, 9.17) is 8.83 Å². The average molecular weight is 376 g/mol. The minimum atomic E-state index is -3.74. The molecule has 0 unspecified atom stereocenters. The van der Waals surface area contributed by atoms with Gasteiger partial charge in [-0.15, -0.1) is 0 Å². The predicted molar refractivity (Wildman–Crippen MR) is 95.3 cm³/mol. The van der Waals surface area contributed by atoms with Gasteiger partial charge in [-0.05, 0) is 36.6 Å². The third-order valence-corrected chi connectivity index (χ3v) is 6.81. The Balaban J connectivity index is 1.59. The average Bonchev–Trinajstić information content (AvgIpc) is 3.02. The quantitative estimate of drug-likeness (QED) is 0.683. The highest BCUT2D eigenvalue weighted by molar-refractivity contribution is 7.89. The third kappa shape index (κ3) is 2.79. The molecule has 1 saturated carbocycles. The van der Waals surface area contributed by atoms with Crippen molar-refractivity contribution in [2.24, 2.45) is 13.0 Å². The molecule has 4 rings (SSSR count). The molecular formula is C18H20N2O5S. The number of sulfonamides is 1. The SMILES string of the molecule is C[C@@H]1C[C@H]1c1ccc(CN(C)S(=O)(=O)c2ccc3c(c2)oc(=O)n3C)o1. The Hall–Kier alpha value is -2.32. The molecular weight excluding hydrogens is 356 g/mol. The largest absolute Gasteiger partial charge is 0.464 e. The lowest BCUT2D eigenvalue weighted by Crippen LogP contribution is -2.26. The number of furan rings is 1. The van der Waals surface area contributed by atoms with E-state index in [1.807, 2.05) is 12.1 Å². The Morgan fingerprint density at radius 2 is 1.96 bits per heavy atom. The molecule has 1 aliphatic rings. The van der Waals surface area contributed by atoms with Crippen LogP contribution in [-0.4, -0.2) is 24.3 Å². The van der Waals surface area contributed by atoms with Crippen LogP contribution in [0.3, 0.4) is 0 Å². The molecule has 0 radical (unpaired) electrons. The Morgan fingerprint density at radius 1 is 1.23 bits per heavy atom. The first-order valence-electron chi connectivity index (χ1n) is 8.42. The molecule has 138 valence electrons. The second-order valence-electron chi connectivity index (χ2n) is 6.94. The van der Waals surface area contributed by atoms with E-state index >= 15 is 0 Å². The number of nitrogens with zero attached hydrogens (tertiary/aromatic N) is 2. The maximum atomic E-state index is 12.8. The van der Waals surface area contributed by atoms with Crippen LogP contribution in [0.25, 0.3) is 11.1 Å². The molecule has 0 N–H and O–H groups in total. The molecule has 0 spiro atoms. The van der Waals surface area contributed by atoms with Crippen LogP contribution in [0.4, 0.5) is 0 Å². The van der Waals surface area contributed by atoms with E-state index in [1.54, 1.807) is 13.1 Å². The molecule has 0 bridgehead atoms. The molecule has 0 amide bonds. The van der Waals surface area contributed by atoms with Gasteiger partial charge in [0.2, 0.25) is 10.0 Å². The summed E-state index contributed by atoms with van der Waals surface area (Å²) in [6.45, 7) is 2.31. The van der Waals surface area contributed by atoms with Gasteiger partial charge in [0.05, 0.1) is 17.0 Å². The van der Waals surface area contributed by atoms with E-state index in [0.717, 1.165) is 12.2 Å². The lowest BCUT2D eigenvalue weighted by Gasteiger charge is -2.16. The summed E-state index contributed by atoms with van der Waals surface area (Å²) in [7, 11) is -0.661. The topological polar surface area (TPSA) is 85.7 Å². The fourth-order valence-corrected chi connectivity index (χ4v) is 4.31. The lowest BCUT2D eigenvalue weighted by molar-refractivity contribution is 0.390. The summed E-state index contributed by atoms with van der Waals surface area (Å²) < 4.78 is 39.1. The Kier molecular flexibility index (Phi) is 3.85. The number of oxazole rings is 1. The number of aromatic nitrogens is 1. The maximum absolute atomic E-state index is 12.8. The summed E-state index contributed by atoms with van der Waals surface area (Å²) in [6.07, 6.45) is 1.11. The van der Waals surface area contributed by atoms with Crippen molar-refractivity contribution in [2.45, 2.75) is 30.7 Å². The van der Waals surface area contributed by atoms with Gasteiger partial charge in [-0.1, -0.05) is 6.92 Å². The first-order chi connectivity index (χ1) is 12.3. The zero-order valence-electron chi connectivity index (χ0n) is 14.8. The van der Waals surface area contributed by atoms with Gasteiger partial charge in [-0.3, -0.25) is 4.57 Å². The summed E-state index contributed by atoms with van der Waals surface area (Å²) in [5.74, 6) is 2.08. The Labute approximate surface area is 150 Å². The van der Waals surface area contributed by atoms with Gasteiger partial charge in [-0.25, -0.2) is 13.2 Å². The molecule has 7 nitrogen and oxygen atoms in total. The monoisotopic (exact) mass is 376 g/mol. The highest BCUT2D eigenvalue weighted by Gasteiger charge is 2.36. The second-order valence-corrected chi connectivity index (χ2v) is 8.99. The number of aryl methyl sites for hydroxylation is 1. The number of fused-ring (bicyclic) bond motifs is 1. The summed E-state index contributed by atoms with van der Waals surface area (Å²) in [5.41, 5.74) is 0.792. The van der Waals surface area contributed by atoms with Crippen molar-refractivity contribution in [3.05, 3.63) is 52.4 Å². The third-order valence-electron chi connectivity index (χ3n) is 5.01. The van der Waals surface area contributed by atoms with E-state index in [2.05, 4.69) is 6.92 Å². The molecule has 1 fully saturated rings. The van der Waals surface area contributed by atoms with Crippen LogP contribution < -0.4 is 5.76 Å². The van der Waals surface area contributed by atoms with E-state index < -0.39 is 15.8 Å². The first-order valence-corrected chi connectivity index (χ1v) is 9.86. The van der Waals surface area contributed by atoms with E-state index in [0.29, 0.717) is 23.1 Å². The molecule has 2 aromatic heterocycles. The summed E-state index contributed by atoms with van der Waals surface area (Å²) in [6, 6.07) is 8.17. The Morgan fingerprint density at radius 3 is 2.65 bits per heavy atom. The van der Waals surface area contributed by atoms with Gasteiger partial charge >= 0.3 is 5.76 Å². The van der Waals surface area contributed by atoms with Gasteiger partial charge in [0.15, 0.2) is 5.58 Å². The predicted octanol–water partition coefficient (Wildman–Crippen LogP) is 2.67. The van der Waals surface area contributed by atoms with E-state index in [9.17, 15) is 13.2 Å². The van der Waals surface area contributed by atoms with Crippen molar-refractivity contribution in [1.29, 1.82) is 0 Å². The number of benzene rings is 1. The van der Waals surface area contributed by atoms with Gasteiger partial charge in [0, 0.05) is 26.1 Å². The number of rotatable bonds is 5. The smallest absolute Gasteiger partial charge is 0.419 e. The van der Waals surface area contributed by atoms with Crippen molar-refractivity contribution < 1.29 is 17.3 Å². The minimum Gasteiger partial charge on any atom is -0.464 e. The van der Waals surface area contributed by atoms with Crippen LogP contribution >= 0.6 is 0 Å². The van der Waals surface area contributed by atoms with Crippen molar-refractivity contribution >= 4 is 21.1 Å². The highest BCUT2D eigenvalue weighted by Crippen LogP contribution is 2.47. The minimum absolute atomic E-state index is 0.0736. The zero-order valence-corrected chi connectivity index (χ0v) is 15.6. The fourth-order valence-electron chi connectivity index (χ4n) is 3.16. The lowest BCUT2D eigenvalue weighted by atomic mass is 10.3. The van der Waals surface area contributed by atoms with Crippen molar-refractivity contribution in [3.8, 4) is 0 Å². The fraction of sp³-hybridized carbons (Fsp3) is 0.389. The maximum Gasteiger partial charge on any atom is 0.419 e. The molecule has 0 saturated heterocycles. The molecule has 2 heterocycles. The van der Waals surface area contributed by atoms with E-state index in [1.165, 1.54) is 28.1 Å². The molecule has 26 heavy (non-hydrogen) atoms. The van der Waals surface area contributed by atoms with Crippen LogP contribution in [0, 0.1) is 5.92 Å². The van der Waals surface area contributed by atoms with Crippen LogP contribution in [0.2, 0.25) is 0 Å². The second kappa shape index (κ2) is 5.85. The van der Waals surface area contributed by atoms with Gasteiger partial charge < -0.3 is 8.83 Å². The van der Waals surface area contributed by atoms with Gasteiger partial charge in [0.25, 0.3) is 0 Å². The first kappa shape index (κ1) is 17.1. The van der Waals surface area contributed by atoms with Crippen LogP contribution in [0.5, 0.6) is 0 Å². The van der Waals surface area contributed by atoms with Crippen LogP contribution in [-0.2, 0) is 23.6 Å². The molecule has 3 aromatic rings. The van der Waals surface area contributed by atoms with Crippen LogP contribution in [0.1, 0.15) is 30.8 Å². The van der Waals surface area contributed by atoms with Gasteiger partial charge in [-0.2, -0.15) is 4.31 Å². The van der Waals surface area contributed by atoms with Crippen LogP contribution in [0.15, 0.2) is 48.9 Å². The molecule has 1 aliphatic carbocycles. The summed E-state index contributed by atoms with van der Waals surface area (Å²) in [4.78, 5) is 11.7. The highest BCUT2D eigenvalue weighted by atomic mass is 32.2. The molecule has 2 atom stereocenters. The zero-order chi connectivity index (χ0) is 18.6. The molecule has 0 aliphatic heterocycles. The number of hydrogen-bond donors (Lipinski definition) is 0. The molecule has 8 heteroatoms. The van der Waals surface area contributed by atoms with Crippen molar-refractivity contribution in [3.63, 3.8) is 0 Å². The van der Waals surface area contributed by atoms with Crippen molar-refractivity contribution in [1.82, 2.24) is 8.87 Å². The summed E-state index contributed by atoms with van der Waals surface area (Å²) in [5, 5.41) is 0. The standard InChI is InChI=1S/C18H20N2O5S/c1-11-8-14(11)16-7-4-12(24-16)10-19(2)26(22,23)13-5-6-15-17(9-13)25-18(21)20(15)3/h4-7,9,11,14H,8,10H2,1-3H3/t11-,14-/m1/s1. The molecule has 1 aromatic carbocycles. The summed E-state index contributed by atoms with van der Waals surface area (Å²) >= 11 is 0. The van der Waals surface area contributed by atoms with Crippen molar-refractivity contribution in [2.75, 3.05) is 7.05 Å².